The van der Waals surface area contributed by atoms with Crippen molar-refractivity contribution in [2.24, 2.45) is 0 Å². The Bertz CT molecular complexity index is 578. The van der Waals surface area contributed by atoms with E-state index < -0.39 is 31.3 Å². The van der Waals surface area contributed by atoms with Crippen LogP contribution in [0, 0.1) is 6.92 Å². The van der Waals surface area contributed by atoms with Crippen molar-refractivity contribution in [2.45, 2.75) is 38.6 Å². The van der Waals surface area contributed by atoms with Gasteiger partial charge in [-0.3, -0.25) is 4.79 Å². The van der Waals surface area contributed by atoms with Gasteiger partial charge in [0.05, 0.1) is 7.14 Å². The van der Waals surface area contributed by atoms with Crippen LogP contribution in [-0.2, 0) is 15.9 Å². The molecule has 0 spiro atoms. The molecule has 23 heavy (non-hydrogen) atoms. The molecule has 0 N–H and O–H groups in total. The number of hydrogen-bond donors (Lipinski definition) is 0. The first-order chi connectivity index (χ1) is 10.4. The van der Waals surface area contributed by atoms with Gasteiger partial charge >= 0.3 is 6.18 Å². The van der Waals surface area contributed by atoms with Crippen LogP contribution < -0.4 is 0 Å². The average Bonchev–Trinajstić information content (AvgIpc) is 2.41. The van der Waals surface area contributed by atoms with Crippen LogP contribution in [-0.4, -0.2) is 42.5 Å². The molecule has 0 fully saturated rings. The number of aryl methyl sites for hydroxylation is 1. The smallest absolute Gasteiger partial charge is 0.339 e. The minimum atomic E-state index is -4.64. The molecule has 0 aliphatic carbocycles. The summed E-state index contributed by atoms with van der Waals surface area (Å²) in [5.74, 6) is -0.626. The van der Waals surface area contributed by atoms with Crippen LogP contribution in [0.25, 0.3) is 0 Å². The van der Waals surface area contributed by atoms with Gasteiger partial charge in [0.1, 0.15) is 5.66 Å². The van der Waals surface area contributed by atoms with Crippen LogP contribution in [0.15, 0.2) is 24.3 Å². The van der Waals surface area contributed by atoms with Crippen LogP contribution in [0.5, 0.6) is 0 Å². The summed E-state index contributed by atoms with van der Waals surface area (Å²) in [7, 11) is -3.46. The summed E-state index contributed by atoms with van der Waals surface area (Å²) >= 11 is 0. The van der Waals surface area contributed by atoms with Gasteiger partial charge in [-0.25, -0.2) is 0 Å². The van der Waals surface area contributed by atoms with Gasteiger partial charge in [0, 0.05) is 19.5 Å². The summed E-state index contributed by atoms with van der Waals surface area (Å²) < 4.78 is 51.1. The number of rotatable bonds is 6. The highest BCUT2D eigenvalue weighted by Crippen LogP contribution is 2.51. The molecule has 7 heteroatoms. The van der Waals surface area contributed by atoms with Crippen LogP contribution in [0.1, 0.15) is 24.5 Å². The first-order valence-corrected chi connectivity index (χ1v) is 10.1. The standard InChI is InChI=1S/C16H23F3NO2P/c1-5-20(11-13-8-6-12(2)7-9-13)15(21)10-14(16(17,18)19)23(3,4)22/h6-9,14H,5,10-11H2,1-4H3. The molecular weight excluding hydrogens is 326 g/mol. The zero-order valence-corrected chi connectivity index (χ0v) is 14.7. The highest BCUT2D eigenvalue weighted by Gasteiger charge is 2.48. The zero-order valence-electron chi connectivity index (χ0n) is 13.9. The molecule has 1 rings (SSSR count). The highest BCUT2D eigenvalue weighted by molar-refractivity contribution is 7.63. The van der Waals surface area contributed by atoms with Crippen molar-refractivity contribution in [3.8, 4) is 0 Å². The minimum absolute atomic E-state index is 0.248. The molecule has 3 nitrogen and oxygen atoms in total. The molecule has 130 valence electrons. The van der Waals surface area contributed by atoms with Crippen molar-refractivity contribution in [2.75, 3.05) is 19.9 Å². The van der Waals surface area contributed by atoms with E-state index in [2.05, 4.69) is 0 Å². The maximum Gasteiger partial charge on any atom is 0.398 e. The first kappa shape index (κ1) is 19.8. The van der Waals surface area contributed by atoms with Gasteiger partial charge < -0.3 is 9.46 Å². The number of halogens is 3. The van der Waals surface area contributed by atoms with E-state index in [0.717, 1.165) is 24.5 Å². The molecule has 0 radical (unpaired) electrons. The molecule has 0 saturated carbocycles. The third-order valence-electron chi connectivity index (χ3n) is 3.72. The average molecular weight is 349 g/mol. The number of alkyl halides is 3. The number of benzene rings is 1. The normalized spacial score (nSPS) is 13.7. The molecule has 0 aliphatic rings. The van der Waals surface area contributed by atoms with Crippen molar-refractivity contribution in [1.82, 2.24) is 4.90 Å². The van der Waals surface area contributed by atoms with E-state index in [-0.39, 0.29) is 6.54 Å². The van der Waals surface area contributed by atoms with Crippen molar-refractivity contribution in [3.63, 3.8) is 0 Å². The Balaban J connectivity index is 2.87. The molecule has 1 aromatic carbocycles. The van der Waals surface area contributed by atoms with Gasteiger partial charge in [0.15, 0.2) is 0 Å². The number of nitrogens with zero attached hydrogens (tertiary/aromatic N) is 1. The van der Waals surface area contributed by atoms with Gasteiger partial charge in [0.25, 0.3) is 0 Å². The first-order valence-electron chi connectivity index (χ1n) is 7.39. The lowest BCUT2D eigenvalue weighted by Gasteiger charge is -2.27. The van der Waals surface area contributed by atoms with Crippen LogP contribution in [0.4, 0.5) is 13.2 Å². The van der Waals surface area contributed by atoms with E-state index >= 15 is 0 Å². The van der Waals surface area contributed by atoms with Crippen molar-refractivity contribution < 1.29 is 22.5 Å². The second kappa shape index (κ2) is 7.52. The Morgan fingerprint density at radius 3 is 2.13 bits per heavy atom. The Hall–Kier alpha value is -1.29. The molecule has 0 aliphatic heterocycles. The predicted molar refractivity (Wildman–Crippen MR) is 86.2 cm³/mol. The van der Waals surface area contributed by atoms with Crippen LogP contribution >= 0.6 is 7.14 Å². The lowest BCUT2D eigenvalue weighted by Crippen LogP contribution is -2.37. The summed E-state index contributed by atoms with van der Waals surface area (Å²) in [6, 6.07) is 7.46. The van der Waals surface area contributed by atoms with Crippen molar-refractivity contribution >= 4 is 13.0 Å². The molecule has 0 heterocycles. The van der Waals surface area contributed by atoms with E-state index in [1.807, 2.05) is 31.2 Å². The Morgan fingerprint density at radius 2 is 1.74 bits per heavy atom. The summed E-state index contributed by atoms with van der Waals surface area (Å²) in [4.78, 5) is 13.6. The fourth-order valence-electron chi connectivity index (χ4n) is 2.27. The van der Waals surface area contributed by atoms with Crippen molar-refractivity contribution in [3.05, 3.63) is 35.4 Å². The van der Waals surface area contributed by atoms with E-state index in [0.29, 0.717) is 6.54 Å². The molecular formula is C16H23F3NO2P. The molecule has 0 aromatic heterocycles. The third-order valence-corrected chi connectivity index (χ3v) is 5.70. The number of amides is 1. The molecule has 1 atom stereocenters. The van der Waals surface area contributed by atoms with Crippen LogP contribution in [0.3, 0.4) is 0 Å². The van der Waals surface area contributed by atoms with E-state index in [1.165, 1.54) is 4.90 Å². The Labute approximate surface area is 135 Å². The number of hydrogen-bond acceptors (Lipinski definition) is 2. The lowest BCUT2D eigenvalue weighted by molar-refractivity contribution is -0.147. The fourth-order valence-corrected chi connectivity index (χ4v) is 3.57. The van der Waals surface area contributed by atoms with Crippen molar-refractivity contribution in [1.29, 1.82) is 0 Å². The van der Waals surface area contributed by atoms with Gasteiger partial charge in [-0.2, -0.15) is 13.2 Å². The zero-order chi connectivity index (χ0) is 17.8. The van der Waals surface area contributed by atoms with Gasteiger partial charge in [-0.1, -0.05) is 29.8 Å². The van der Waals surface area contributed by atoms with E-state index in [1.54, 1.807) is 6.92 Å². The number of carbonyl (C=O) groups excluding carboxylic acids is 1. The topological polar surface area (TPSA) is 37.4 Å². The molecule has 0 saturated heterocycles. The molecule has 1 unspecified atom stereocenters. The fraction of sp³-hybridized carbons (Fsp3) is 0.562. The number of carbonyl (C=O) groups is 1. The lowest BCUT2D eigenvalue weighted by atomic mass is 10.1. The SMILES string of the molecule is CCN(Cc1ccc(C)cc1)C(=O)CC(C(F)(F)F)P(C)(C)=O. The second-order valence-electron chi connectivity index (χ2n) is 6.09. The monoisotopic (exact) mass is 349 g/mol. The molecule has 1 aromatic rings. The molecule has 1 amide bonds. The summed E-state index contributed by atoms with van der Waals surface area (Å²) in [6.45, 7) is 6.35. The van der Waals surface area contributed by atoms with Crippen LogP contribution in [0.2, 0.25) is 0 Å². The van der Waals surface area contributed by atoms with Gasteiger partial charge in [-0.05, 0) is 32.7 Å². The maximum atomic E-state index is 13.1. The molecule has 0 bridgehead atoms. The van der Waals surface area contributed by atoms with E-state index in [9.17, 15) is 22.5 Å². The third kappa shape index (κ3) is 6.02. The summed E-state index contributed by atoms with van der Waals surface area (Å²) in [6.07, 6.45) is -5.41. The Morgan fingerprint density at radius 1 is 1.22 bits per heavy atom. The summed E-state index contributed by atoms with van der Waals surface area (Å²) in [5.41, 5.74) is -0.168. The predicted octanol–water partition coefficient (Wildman–Crippen LogP) is 4.29. The maximum absolute atomic E-state index is 13.1. The quantitative estimate of drug-likeness (QED) is 0.719. The highest BCUT2D eigenvalue weighted by atomic mass is 31.2. The van der Waals surface area contributed by atoms with Gasteiger partial charge in [0.2, 0.25) is 5.91 Å². The minimum Gasteiger partial charge on any atom is -0.339 e. The second-order valence-corrected chi connectivity index (χ2v) is 9.58. The van der Waals surface area contributed by atoms with E-state index in [4.69, 9.17) is 0 Å². The Kier molecular flexibility index (Phi) is 6.46. The largest absolute Gasteiger partial charge is 0.398 e. The van der Waals surface area contributed by atoms with Gasteiger partial charge in [-0.15, -0.1) is 0 Å². The summed E-state index contributed by atoms with van der Waals surface area (Å²) in [5, 5.41) is 0.